The highest BCUT2D eigenvalue weighted by atomic mass is 32.1. The van der Waals surface area contributed by atoms with Crippen molar-refractivity contribution >= 4 is 17.2 Å². The van der Waals surface area contributed by atoms with Gasteiger partial charge in [0.2, 0.25) is 5.82 Å². The van der Waals surface area contributed by atoms with E-state index < -0.39 is 0 Å². The van der Waals surface area contributed by atoms with Crippen LogP contribution in [0.3, 0.4) is 0 Å². The van der Waals surface area contributed by atoms with E-state index in [4.69, 9.17) is 0 Å². The summed E-state index contributed by atoms with van der Waals surface area (Å²) in [7, 11) is 0. The molecule has 0 aliphatic carbocycles. The molecule has 0 aromatic carbocycles. The fourth-order valence-electron chi connectivity index (χ4n) is 2.59. The molecule has 1 amide bonds. The number of nitrogens with zero attached hydrogens (tertiary/aromatic N) is 4. The summed E-state index contributed by atoms with van der Waals surface area (Å²) < 4.78 is 0. The van der Waals surface area contributed by atoms with E-state index in [-0.39, 0.29) is 11.7 Å². The Morgan fingerprint density at radius 2 is 2.10 bits per heavy atom. The summed E-state index contributed by atoms with van der Waals surface area (Å²) in [6.45, 7) is 5.62. The Labute approximate surface area is 128 Å². The molecule has 3 heterocycles. The van der Waals surface area contributed by atoms with Crippen LogP contribution in [0.2, 0.25) is 0 Å². The maximum Gasteiger partial charge on any atom is 0.291 e. The first-order chi connectivity index (χ1) is 10.1. The van der Waals surface area contributed by atoms with Crippen molar-refractivity contribution in [3.05, 3.63) is 39.9 Å². The molecule has 0 spiro atoms. The predicted octanol–water partition coefficient (Wildman–Crippen LogP) is 2.57. The van der Waals surface area contributed by atoms with Crippen LogP contribution in [0.4, 0.5) is 0 Å². The zero-order chi connectivity index (χ0) is 14.8. The van der Waals surface area contributed by atoms with Gasteiger partial charge in [0.15, 0.2) is 0 Å². The van der Waals surface area contributed by atoms with Crippen LogP contribution < -0.4 is 0 Å². The molecule has 1 saturated heterocycles. The smallest absolute Gasteiger partial charge is 0.291 e. The van der Waals surface area contributed by atoms with Crippen LogP contribution in [-0.2, 0) is 0 Å². The summed E-state index contributed by atoms with van der Waals surface area (Å²) >= 11 is 1.75. The minimum Gasteiger partial charge on any atom is -0.335 e. The molecule has 0 bridgehead atoms. The third kappa shape index (κ3) is 2.95. The molecular weight excluding hydrogens is 284 g/mol. The van der Waals surface area contributed by atoms with E-state index in [2.05, 4.69) is 21.9 Å². The van der Waals surface area contributed by atoms with Crippen molar-refractivity contribution in [2.24, 2.45) is 0 Å². The third-order valence-corrected chi connectivity index (χ3v) is 5.10. The van der Waals surface area contributed by atoms with Crippen molar-refractivity contribution in [2.75, 3.05) is 13.1 Å². The highest BCUT2D eigenvalue weighted by molar-refractivity contribution is 7.11. The van der Waals surface area contributed by atoms with E-state index in [1.54, 1.807) is 29.8 Å². The zero-order valence-electron chi connectivity index (χ0n) is 12.2. The minimum atomic E-state index is -0.0784. The second-order valence-electron chi connectivity index (χ2n) is 5.36. The molecule has 1 atom stereocenters. The number of thiazole rings is 1. The first kappa shape index (κ1) is 14.1. The predicted molar refractivity (Wildman–Crippen MR) is 81.5 cm³/mol. The van der Waals surface area contributed by atoms with Gasteiger partial charge >= 0.3 is 0 Å². The molecular formula is C15H18N4OS. The van der Waals surface area contributed by atoms with Gasteiger partial charge in [-0.1, -0.05) is 0 Å². The highest BCUT2D eigenvalue weighted by Gasteiger charge is 2.28. The molecule has 21 heavy (non-hydrogen) atoms. The molecule has 1 fully saturated rings. The number of hydrogen-bond acceptors (Lipinski definition) is 5. The molecule has 3 rings (SSSR count). The molecule has 2 aromatic rings. The quantitative estimate of drug-likeness (QED) is 0.855. The van der Waals surface area contributed by atoms with Gasteiger partial charge in [0.25, 0.3) is 5.91 Å². The van der Waals surface area contributed by atoms with Crippen LogP contribution in [0, 0.1) is 13.8 Å². The Hall–Kier alpha value is -1.82. The molecule has 0 unspecified atom stereocenters. The second kappa shape index (κ2) is 5.89. The summed E-state index contributed by atoms with van der Waals surface area (Å²) in [6, 6.07) is 1.72. The second-order valence-corrected chi connectivity index (χ2v) is 6.59. The Morgan fingerprint density at radius 1 is 1.33 bits per heavy atom. The molecule has 0 radical (unpaired) electrons. The van der Waals surface area contributed by atoms with Crippen LogP contribution in [0.15, 0.2) is 18.5 Å². The lowest BCUT2D eigenvalue weighted by Crippen LogP contribution is -2.39. The number of rotatable bonds is 2. The molecule has 2 aromatic heterocycles. The first-order valence-electron chi connectivity index (χ1n) is 7.15. The van der Waals surface area contributed by atoms with Crippen molar-refractivity contribution in [1.82, 2.24) is 19.9 Å². The summed E-state index contributed by atoms with van der Waals surface area (Å²) in [4.78, 5) is 28.3. The van der Waals surface area contributed by atoms with Gasteiger partial charge < -0.3 is 4.90 Å². The standard InChI is InChI=1S/C15H18N4OS/c1-10-11(2)21-14(18-10)12-5-3-8-19(9-12)15(20)13-16-6-4-7-17-13/h4,6-7,12H,3,5,8-9H2,1-2H3/t12-/m0/s1. The normalized spacial score (nSPS) is 18.8. The van der Waals surface area contributed by atoms with Crippen molar-refractivity contribution in [3.63, 3.8) is 0 Å². The molecule has 5 nitrogen and oxygen atoms in total. The lowest BCUT2D eigenvalue weighted by atomic mass is 9.98. The van der Waals surface area contributed by atoms with E-state index in [0.717, 1.165) is 30.1 Å². The van der Waals surface area contributed by atoms with Crippen LogP contribution in [0.5, 0.6) is 0 Å². The third-order valence-electron chi connectivity index (χ3n) is 3.86. The SMILES string of the molecule is Cc1nc([C@H]2CCCN(C(=O)c3ncccn3)C2)sc1C. The topological polar surface area (TPSA) is 59.0 Å². The number of piperidine rings is 1. The van der Waals surface area contributed by atoms with Crippen molar-refractivity contribution in [1.29, 1.82) is 0 Å². The van der Waals surface area contributed by atoms with Crippen molar-refractivity contribution < 1.29 is 4.79 Å². The summed E-state index contributed by atoms with van der Waals surface area (Å²) in [5.74, 6) is 0.541. The lowest BCUT2D eigenvalue weighted by Gasteiger charge is -2.31. The number of carbonyl (C=O) groups is 1. The van der Waals surface area contributed by atoms with Crippen molar-refractivity contribution in [2.45, 2.75) is 32.6 Å². The average molecular weight is 302 g/mol. The summed E-state index contributed by atoms with van der Waals surface area (Å²) in [6.07, 6.45) is 5.30. The highest BCUT2D eigenvalue weighted by Crippen LogP contribution is 2.31. The fourth-order valence-corrected chi connectivity index (χ4v) is 3.63. The molecule has 0 N–H and O–H groups in total. The Kier molecular flexibility index (Phi) is 3.96. The van der Waals surface area contributed by atoms with Crippen LogP contribution in [0.1, 0.15) is 45.0 Å². The Bertz CT molecular complexity index is 621. The maximum absolute atomic E-state index is 12.4. The van der Waals surface area contributed by atoms with Gasteiger partial charge in [0.05, 0.1) is 10.7 Å². The van der Waals surface area contributed by atoms with Crippen LogP contribution in [0.25, 0.3) is 0 Å². The number of hydrogen-bond donors (Lipinski definition) is 0. The van der Waals surface area contributed by atoms with Gasteiger partial charge in [-0.25, -0.2) is 15.0 Å². The monoisotopic (exact) mass is 302 g/mol. The van der Waals surface area contributed by atoms with Gasteiger partial charge in [0.1, 0.15) is 0 Å². The minimum absolute atomic E-state index is 0.0784. The van der Waals surface area contributed by atoms with E-state index >= 15 is 0 Å². The lowest BCUT2D eigenvalue weighted by molar-refractivity contribution is 0.0694. The van der Waals surface area contributed by atoms with Crippen molar-refractivity contribution in [3.8, 4) is 0 Å². The number of carbonyl (C=O) groups excluding carboxylic acids is 1. The van der Waals surface area contributed by atoms with E-state index in [9.17, 15) is 4.79 Å². The first-order valence-corrected chi connectivity index (χ1v) is 7.97. The van der Waals surface area contributed by atoms with E-state index in [1.807, 2.05) is 11.8 Å². The Balaban J connectivity index is 1.75. The number of aryl methyl sites for hydroxylation is 2. The fraction of sp³-hybridized carbons (Fsp3) is 0.467. The number of amides is 1. The molecule has 6 heteroatoms. The van der Waals surface area contributed by atoms with Gasteiger partial charge in [-0.2, -0.15) is 0 Å². The average Bonchev–Trinajstić information content (AvgIpc) is 2.87. The molecule has 110 valence electrons. The van der Waals surface area contributed by atoms with E-state index in [1.165, 1.54) is 4.88 Å². The zero-order valence-corrected chi connectivity index (χ0v) is 13.1. The van der Waals surface area contributed by atoms with E-state index in [0.29, 0.717) is 12.5 Å². The molecule has 0 saturated carbocycles. The van der Waals surface area contributed by atoms with Gasteiger partial charge in [0, 0.05) is 36.3 Å². The largest absolute Gasteiger partial charge is 0.335 e. The maximum atomic E-state index is 12.4. The summed E-state index contributed by atoms with van der Waals surface area (Å²) in [5, 5.41) is 1.15. The molecule has 1 aliphatic rings. The number of likely N-dealkylation sites (tertiary alicyclic amines) is 1. The Morgan fingerprint density at radius 3 is 2.76 bits per heavy atom. The van der Waals surface area contributed by atoms with Gasteiger partial charge in [-0.05, 0) is 32.8 Å². The molecule has 1 aliphatic heterocycles. The van der Waals surface area contributed by atoms with Crippen LogP contribution in [-0.4, -0.2) is 38.8 Å². The summed E-state index contributed by atoms with van der Waals surface area (Å²) in [5.41, 5.74) is 1.10. The van der Waals surface area contributed by atoms with Gasteiger partial charge in [-0.3, -0.25) is 4.79 Å². The number of aromatic nitrogens is 3. The van der Waals surface area contributed by atoms with Gasteiger partial charge in [-0.15, -0.1) is 11.3 Å². The van der Waals surface area contributed by atoms with Crippen LogP contribution >= 0.6 is 11.3 Å².